The normalized spacial score (nSPS) is 28.2. The molecule has 0 unspecified atom stereocenters. The van der Waals surface area contributed by atoms with Crippen LogP contribution < -0.4 is 5.30 Å². The molecule has 0 aromatic heterocycles. The number of allylic oxidation sites excluding steroid dienone is 2. The Hall–Kier alpha value is -0.690. The molecular weight excluding hydrogens is 231 g/mol. The molecule has 0 atom stereocenters. The van der Waals surface area contributed by atoms with E-state index in [1.54, 1.807) is 0 Å². The van der Waals surface area contributed by atoms with Crippen molar-refractivity contribution in [3.05, 3.63) is 41.5 Å². The van der Waals surface area contributed by atoms with Crippen LogP contribution in [0, 0.1) is 0 Å². The second kappa shape index (κ2) is 3.65. The molecule has 3 heteroatoms. The Kier molecular flexibility index (Phi) is 2.45. The van der Waals surface area contributed by atoms with Gasteiger partial charge in [0.15, 0.2) is 0 Å². The quantitative estimate of drug-likeness (QED) is 0.563. The van der Waals surface area contributed by atoms with Gasteiger partial charge in [0, 0.05) is 0 Å². The second-order valence-corrected chi connectivity index (χ2v) is 9.48. The number of hydrogen-bond acceptors (Lipinski definition) is 2. The van der Waals surface area contributed by atoms with E-state index in [2.05, 4.69) is 44.2 Å². The van der Waals surface area contributed by atoms with Crippen molar-refractivity contribution in [2.75, 3.05) is 25.5 Å². The number of hydrogen-bond donors (Lipinski definition) is 0. The SMILES string of the molecule is CC1=C(C)CP2(c3ccccc3)(C1)OCCO2. The first-order chi connectivity index (χ1) is 8.14. The van der Waals surface area contributed by atoms with Crippen molar-refractivity contribution in [3.8, 4) is 0 Å². The maximum atomic E-state index is 6.28. The Morgan fingerprint density at radius 2 is 1.41 bits per heavy atom. The molecule has 3 rings (SSSR count). The number of rotatable bonds is 1. The summed E-state index contributed by atoms with van der Waals surface area (Å²) in [5.74, 6) is 0. The molecule has 0 N–H and O–H groups in total. The molecular formula is C14H19O2P. The molecule has 2 nitrogen and oxygen atoms in total. The fourth-order valence-corrected chi connectivity index (χ4v) is 8.60. The Morgan fingerprint density at radius 1 is 0.882 bits per heavy atom. The third kappa shape index (κ3) is 1.52. The molecule has 2 aliphatic heterocycles. The van der Waals surface area contributed by atoms with Gasteiger partial charge in [-0.25, -0.2) is 0 Å². The van der Waals surface area contributed by atoms with Gasteiger partial charge in [0.25, 0.3) is 0 Å². The molecule has 1 aromatic carbocycles. The van der Waals surface area contributed by atoms with Crippen LogP contribution in [0.2, 0.25) is 0 Å². The summed E-state index contributed by atoms with van der Waals surface area (Å²) in [6, 6.07) is 10.6. The molecule has 1 saturated heterocycles. The fourth-order valence-electron chi connectivity index (χ4n) is 3.10. The molecule has 17 heavy (non-hydrogen) atoms. The van der Waals surface area contributed by atoms with Gasteiger partial charge in [0.05, 0.1) is 0 Å². The van der Waals surface area contributed by atoms with Crippen LogP contribution in [0.5, 0.6) is 0 Å². The molecule has 2 heterocycles. The summed E-state index contributed by atoms with van der Waals surface area (Å²) in [5, 5.41) is 1.28. The topological polar surface area (TPSA) is 18.5 Å². The zero-order chi connectivity index (χ0) is 12.0. The van der Waals surface area contributed by atoms with E-state index in [0.717, 1.165) is 25.5 Å². The van der Waals surface area contributed by atoms with E-state index in [-0.39, 0.29) is 0 Å². The zero-order valence-corrected chi connectivity index (χ0v) is 11.4. The van der Waals surface area contributed by atoms with Gasteiger partial charge < -0.3 is 0 Å². The van der Waals surface area contributed by atoms with E-state index in [9.17, 15) is 0 Å². The summed E-state index contributed by atoms with van der Waals surface area (Å²) < 4.78 is 12.6. The second-order valence-electron chi connectivity index (χ2n) is 5.19. The van der Waals surface area contributed by atoms with Crippen LogP contribution in [0.3, 0.4) is 0 Å². The van der Waals surface area contributed by atoms with Crippen LogP contribution in [0.15, 0.2) is 41.5 Å². The van der Waals surface area contributed by atoms with Gasteiger partial charge >= 0.3 is 102 Å². The van der Waals surface area contributed by atoms with Gasteiger partial charge in [-0.1, -0.05) is 0 Å². The van der Waals surface area contributed by atoms with Crippen molar-refractivity contribution < 1.29 is 9.05 Å². The van der Waals surface area contributed by atoms with Crippen molar-refractivity contribution in [1.82, 2.24) is 0 Å². The summed E-state index contributed by atoms with van der Waals surface area (Å²) in [6.07, 6.45) is 1.98. The molecule has 92 valence electrons. The van der Waals surface area contributed by atoms with E-state index in [0.29, 0.717) is 0 Å². The monoisotopic (exact) mass is 250 g/mol. The molecule has 0 aliphatic carbocycles. The summed E-state index contributed by atoms with van der Waals surface area (Å²) in [5.41, 5.74) is 2.90. The van der Waals surface area contributed by atoms with Gasteiger partial charge in [-0.15, -0.1) is 0 Å². The van der Waals surface area contributed by atoms with Gasteiger partial charge in [0.2, 0.25) is 0 Å². The van der Waals surface area contributed by atoms with Crippen molar-refractivity contribution in [1.29, 1.82) is 0 Å². The van der Waals surface area contributed by atoms with Crippen LogP contribution in [0.4, 0.5) is 0 Å². The predicted molar refractivity (Wildman–Crippen MR) is 73.0 cm³/mol. The molecule has 1 fully saturated rings. The molecule has 0 radical (unpaired) electrons. The summed E-state index contributed by atoms with van der Waals surface area (Å²) in [6.45, 7) is 5.91. The minimum absolute atomic E-state index is 0.743. The summed E-state index contributed by atoms with van der Waals surface area (Å²) >= 11 is 0. The Morgan fingerprint density at radius 3 is 1.94 bits per heavy atom. The van der Waals surface area contributed by atoms with E-state index < -0.39 is 7.06 Å². The maximum absolute atomic E-state index is 6.28. The van der Waals surface area contributed by atoms with Crippen molar-refractivity contribution in [2.45, 2.75) is 13.8 Å². The Bertz CT molecular complexity index is 454. The molecule has 1 aromatic rings. The van der Waals surface area contributed by atoms with Crippen molar-refractivity contribution in [3.63, 3.8) is 0 Å². The van der Waals surface area contributed by atoms with E-state index >= 15 is 0 Å². The molecule has 1 spiro atoms. The first-order valence-corrected chi connectivity index (χ1v) is 8.61. The van der Waals surface area contributed by atoms with Crippen LogP contribution >= 0.6 is 7.06 Å². The van der Waals surface area contributed by atoms with Gasteiger partial charge in [-0.05, 0) is 0 Å². The predicted octanol–water partition coefficient (Wildman–Crippen LogP) is 3.09. The average molecular weight is 250 g/mol. The molecule has 0 bridgehead atoms. The third-order valence-electron chi connectivity index (χ3n) is 4.04. The summed E-state index contributed by atoms with van der Waals surface area (Å²) in [7, 11) is -2.58. The van der Waals surface area contributed by atoms with Gasteiger partial charge in [-0.2, -0.15) is 0 Å². The van der Waals surface area contributed by atoms with Crippen LogP contribution in [0.25, 0.3) is 0 Å². The first kappa shape index (κ1) is 11.4. The average Bonchev–Trinajstić information content (AvgIpc) is 2.87. The third-order valence-corrected chi connectivity index (χ3v) is 9.28. The fraction of sp³-hybridized carbons (Fsp3) is 0.429. The standard InChI is InChI=1S/C14H19O2P/c1-12-10-17(11-13(12)2,15-8-9-16-17)14-6-4-3-5-7-14/h3-7H,8-11H2,1-2H3. The Labute approximate surface area is 103 Å². The van der Waals surface area contributed by atoms with E-state index in [1.165, 1.54) is 16.5 Å². The zero-order valence-electron chi connectivity index (χ0n) is 10.5. The van der Waals surface area contributed by atoms with Crippen molar-refractivity contribution >= 4 is 12.4 Å². The molecule has 2 aliphatic rings. The van der Waals surface area contributed by atoms with Crippen LogP contribution in [-0.2, 0) is 9.05 Å². The minimum atomic E-state index is -2.58. The van der Waals surface area contributed by atoms with E-state index in [4.69, 9.17) is 9.05 Å². The first-order valence-electron chi connectivity index (χ1n) is 6.17. The van der Waals surface area contributed by atoms with Crippen LogP contribution in [-0.4, -0.2) is 25.5 Å². The molecule has 0 saturated carbocycles. The van der Waals surface area contributed by atoms with Crippen molar-refractivity contribution in [2.24, 2.45) is 0 Å². The van der Waals surface area contributed by atoms with E-state index in [1.807, 2.05) is 0 Å². The van der Waals surface area contributed by atoms with Gasteiger partial charge in [0.1, 0.15) is 0 Å². The van der Waals surface area contributed by atoms with Crippen LogP contribution in [0.1, 0.15) is 13.8 Å². The summed E-state index contributed by atoms with van der Waals surface area (Å²) in [4.78, 5) is 0. The Balaban J connectivity index is 2.13. The molecule has 0 amide bonds. The number of benzene rings is 1. The van der Waals surface area contributed by atoms with Gasteiger partial charge in [-0.3, -0.25) is 0 Å².